The lowest BCUT2D eigenvalue weighted by molar-refractivity contribution is -0.145. The summed E-state index contributed by atoms with van der Waals surface area (Å²) in [7, 11) is 1.36. The zero-order valence-electron chi connectivity index (χ0n) is 12.5. The maximum Gasteiger partial charge on any atom is 0.319 e. The van der Waals surface area contributed by atoms with Gasteiger partial charge in [-0.25, -0.2) is 4.79 Å². The number of carbonyl (C=O) groups excluding carboxylic acids is 2. The summed E-state index contributed by atoms with van der Waals surface area (Å²) in [5.41, 5.74) is 0.689. The average molecular weight is 357 g/mol. The number of hydrogen-bond acceptors (Lipinski definition) is 3. The summed E-state index contributed by atoms with van der Waals surface area (Å²) < 4.78 is 5.70. The molecule has 1 rings (SSSR count). The number of rotatable bonds is 6. The fraction of sp³-hybridized carbons (Fsp3) is 0.467. The monoisotopic (exact) mass is 356 g/mol. The number of carbonyl (C=O) groups is 2. The molecule has 0 saturated carbocycles. The number of urea groups is 1. The standard InChI is InChI=1S/C15H21BrN2O3/c1-10(2)8-11(14(19)21-3)9-17-15(20)18-13-6-4-12(16)5-7-13/h4-7,10-11H,8-9H2,1-3H3,(H2,17,18,20). The molecule has 2 N–H and O–H groups in total. The number of esters is 1. The number of hydrogen-bond donors (Lipinski definition) is 2. The van der Waals surface area contributed by atoms with E-state index in [9.17, 15) is 9.59 Å². The maximum atomic E-state index is 11.8. The molecule has 6 heteroatoms. The van der Waals surface area contributed by atoms with Gasteiger partial charge < -0.3 is 15.4 Å². The van der Waals surface area contributed by atoms with Crippen molar-refractivity contribution in [2.24, 2.45) is 11.8 Å². The lowest BCUT2D eigenvalue weighted by Crippen LogP contribution is -2.36. The molecule has 2 amide bonds. The van der Waals surface area contributed by atoms with Gasteiger partial charge in [0, 0.05) is 16.7 Å². The molecule has 0 aliphatic carbocycles. The molecule has 116 valence electrons. The largest absolute Gasteiger partial charge is 0.469 e. The predicted molar refractivity (Wildman–Crippen MR) is 86.1 cm³/mol. The summed E-state index contributed by atoms with van der Waals surface area (Å²) in [5.74, 6) is -0.274. The molecule has 0 spiro atoms. The highest BCUT2D eigenvalue weighted by atomic mass is 79.9. The van der Waals surface area contributed by atoms with Gasteiger partial charge in [0.25, 0.3) is 0 Å². The van der Waals surface area contributed by atoms with E-state index in [1.54, 1.807) is 12.1 Å². The first kappa shape index (κ1) is 17.5. The molecule has 0 fully saturated rings. The van der Waals surface area contributed by atoms with E-state index in [1.165, 1.54) is 7.11 Å². The molecular formula is C15H21BrN2O3. The Hall–Kier alpha value is -1.56. The molecule has 0 aromatic heterocycles. The maximum absolute atomic E-state index is 11.8. The van der Waals surface area contributed by atoms with E-state index in [4.69, 9.17) is 4.74 Å². The molecule has 0 aliphatic rings. The van der Waals surface area contributed by atoms with Gasteiger partial charge in [-0.05, 0) is 36.6 Å². The smallest absolute Gasteiger partial charge is 0.319 e. The normalized spacial score (nSPS) is 11.9. The molecular weight excluding hydrogens is 336 g/mol. The van der Waals surface area contributed by atoms with Gasteiger partial charge in [-0.3, -0.25) is 4.79 Å². The second-order valence-electron chi connectivity index (χ2n) is 5.19. The van der Waals surface area contributed by atoms with E-state index < -0.39 is 0 Å². The van der Waals surface area contributed by atoms with Gasteiger partial charge in [-0.2, -0.15) is 0 Å². The zero-order valence-corrected chi connectivity index (χ0v) is 14.1. The van der Waals surface area contributed by atoms with E-state index in [-0.39, 0.29) is 24.5 Å². The first-order valence-electron chi connectivity index (χ1n) is 6.80. The van der Waals surface area contributed by atoms with Gasteiger partial charge in [0.15, 0.2) is 0 Å². The Balaban J connectivity index is 2.49. The third kappa shape index (κ3) is 6.62. The number of anilines is 1. The van der Waals surface area contributed by atoms with Gasteiger partial charge >= 0.3 is 12.0 Å². The van der Waals surface area contributed by atoms with Gasteiger partial charge in [0.05, 0.1) is 13.0 Å². The molecule has 1 aromatic rings. The summed E-state index contributed by atoms with van der Waals surface area (Å²) in [6.45, 7) is 4.31. The van der Waals surface area contributed by atoms with E-state index in [2.05, 4.69) is 26.6 Å². The SMILES string of the molecule is COC(=O)C(CNC(=O)Nc1ccc(Br)cc1)CC(C)C. The summed E-state index contributed by atoms with van der Waals surface area (Å²) in [6.07, 6.45) is 0.672. The summed E-state index contributed by atoms with van der Waals surface area (Å²) in [4.78, 5) is 23.5. The Kier molecular flexibility index (Phi) is 7.22. The van der Waals surface area contributed by atoms with Crippen LogP contribution in [0.3, 0.4) is 0 Å². The fourth-order valence-corrected chi connectivity index (χ4v) is 2.19. The fourth-order valence-electron chi connectivity index (χ4n) is 1.92. The van der Waals surface area contributed by atoms with Crippen LogP contribution in [0.2, 0.25) is 0 Å². The van der Waals surface area contributed by atoms with Crippen LogP contribution in [0.4, 0.5) is 10.5 Å². The molecule has 5 nitrogen and oxygen atoms in total. The summed E-state index contributed by atoms with van der Waals surface area (Å²) in [5, 5.41) is 5.42. The third-order valence-corrected chi connectivity index (χ3v) is 3.43. The van der Waals surface area contributed by atoms with Crippen molar-refractivity contribution in [1.29, 1.82) is 0 Å². The first-order chi connectivity index (χ1) is 9.92. The van der Waals surface area contributed by atoms with Gasteiger partial charge in [-0.15, -0.1) is 0 Å². The molecule has 1 unspecified atom stereocenters. The molecule has 0 heterocycles. The van der Waals surface area contributed by atoms with Crippen LogP contribution in [0.5, 0.6) is 0 Å². The highest BCUT2D eigenvalue weighted by Crippen LogP contribution is 2.15. The predicted octanol–water partition coefficient (Wildman–Crippen LogP) is 3.41. The van der Waals surface area contributed by atoms with Crippen molar-refractivity contribution in [3.05, 3.63) is 28.7 Å². The van der Waals surface area contributed by atoms with E-state index in [1.807, 2.05) is 26.0 Å². The highest BCUT2D eigenvalue weighted by Gasteiger charge is 2.21. The average Bonchev–Trinajstić information content (AvgIpc) is 2.44. The Morgan fingerprint density at radius 2 is 1.86 bits per heavy atom. The Bertz CT molecular complexity index is 474. The van der Waals surface area contributed by atoms with Crippen molar-refractivity contribution in [3.8, 4) is 0 Å². The van der Waals surface area contributed by atoms with Crippen LogP contribution in [-0.2, 0) is 9.53 Å². The quantitative estimate of drug-likeness (QED) is 0.767. The van der Waals surface area contributed by atoms with Crippen molar-refractivity contribution in [2.75, 3.05) is 19.0 Å². The second kappa shape index (κ2) is 8.67. The molecule has 1 atom stereocenters. The molecule has 0 aliphatic heterocycles. The molecule has 1 aromatic carbocycles. The van der Waals surface area contributed by atoms with Crippen molar-refractivity contribution in [2.45, 2.75) is 20.3 Å². The van der Waals surface area contributed by atoms with E-state index in [0.717, 1.165) is 4.47 Å². The highest BCUT2D eigenvalue weighted by molar-refractivity contribution is 9.10. The molecule has 0 bridgehead atoms. The van der Waals surface area contributed by atoms with Crippen LogP contribution in [0.15, 0.2) is 28.7 Å². The van der Waals surface area contributed by atoms with Crippen LogP contribution >= 0.6 is 15.9 Å². The first-order valence-corrected chi connectivity index (χ1v) is 7.60. The Morgan fingerprint density at radius 3 is 2.38 bits per heavy atom. The lowest BCUT2D eigenvalue weighted by atomic mass is 9.97. The Morgan fingerprint density at radius 1 is 1.24 bits per heavy atom. The van der Waals surface area contributed by atoms with Crippen molar-refractivity contribution in [3.63, 3.8) is 0 Å². The Labute approximate surface area is 133 Å². The van der Waals surface area contributed by atoms with Gasteiger partial charge in [0.1, 0.15) is 0 Å². The van der Waals surface area contributed by atoms with Gasteiger partial charge in [0.2, 0.25) is 0 Å². The third-order valence-electron chi connectivity index (χ3n) is 2.90. The topological polar surface area (TPSA) is 67.4 Å². The minimum Gasteiger partial charge on any atom is -0.469 e. The zero-order chi connectivity index (χ0) is 15.8. The van der Waals surface area contributed by atoms with Crippen LogP contribution < -0.4 is 10.6 Å². The number of amides is 2. The number of halogens is 1. The summed E-state index contributed by atoms with van der Waals surface area (Å²) >= 11 is 3.33. The summed E-state index contributed by atoms with van der Waals surface area (Å²) in [6, 6.07) is 6.91. The lowest BCUT2D eigenvalue weighted by Gasteiger charge is -2.17. The van der Waals surface area contributed by atoms with Crippen LogP contribution in [-0.4, -0.2) is 25.7 Å². The number of methoxy groups -OCH3 is 1. The second-order valence-corrected chi connectivity index (χ2v) is 6.11. The number of ether oxygens (including phenoxy) is 1. The number of nitrogens with one attached hydrogen (secondary N) is 2. The molecule has 21 heavy (non-hydrogen) atoms. The van der Waals surface area contributed by atoms with Crippen LogP contribution in [0.25, 0.3) is 0 Å². The van der Waals surface area contributed by atoms with Gasteiger partial charge in [-0.1, -0.05) is 29.8 Å². The van der Waals surface area contributed by atoms with Crippen molar-refractivity contribution in [1.82, 2.24) is 5.32 Å². The van der Waals surface area contributed by atoms with Crippen molar-refractivity contribution < 1.29 is 14.3 Å². The number of benzene rings is 1. The van der Waals surface area contributed by atoms with E-state index in [0.29, 0.717) is 18.0 Å². The van der Waals surface area contributed by atoms with Crippen LogP contribution in [0.1, 0.15) is 20.3 Å². The minimum absolute atomic E-state index is 0.257. The van der Waals surface area contributed by atoms with E-state index >= 15 is 0 Å². The van der Waals surface area contributed by atoms with Crippen LogP contribution in [0, 0.1) is 11.8 Å². The minimum atomic E-state index is -0.338. The molecule has 0 saturated heterocycles. The molecule has 0 radical (unpaired) electrons. The van der Waals surface area contributed by atoms with Crippen molar-refractivity contribution >= 4 is 33.6 Å².